The summed E-state index contributed by atoms with van der Waals surface area (Å²) in [4.78, 5) is 11.6. The molecule has 2 heterocycles. The van der Waals surface area contributed by atoms with E-state index in [0.29, 0.717) is 11.3 Å². The Labute approximate surface area is 164 Å². The van der Waals surface area contributed by atoms with Gasteiger partial charge < -0.3 is 9.88 Å². The molecular weight excluding hydrogens is 374 g/mol. The molecule has 4 rings (SSSR count). The Morgan fingerprint density at radius 3 is 2.57 bits per heavy atom. The van der Waals surface area contributed by atoms with Crippen molar-refractivity contribution < 1.29 is 13.2 Å². The highest BCUT2D eigenvalue weighted by atomic mass is 32.2. The van der Waals surface area contributed by atoms with Crippen LogP contribution in [-0.2, 0) is 27.8 Å². The van der Waals surface area contributed by atoms with Crippen molar-refractivity contribution in [1.29, 1.82) is 0 Å². The summed E-state index contributed by atoms with van der Waals surface area (Å²) < 4.78 is 30.3. The first-order valence-electron chi connectivity index (χ1n) is 9.01. The lowest BCUT2D eigenvalue weighted by Gasteiger charge is -2.11. The van der Waals surface area contributed by atoms with Crippen LogP contribution >= 0.6 is 0 Å². The Kier molecular flexibility index (Phi) is 4.56. The monoisotopic (exact) mass is 395 g/mol. The maximum absolute atomic E-state index is 12.7. The van der Waals surface area contributed by atoms with Crippen LogP contribution in [-0.4, -0.2) is 18.9 Å². The number of rotatable bonds is 5. The van der Waals surface area contributed by atoms with E-state index in [1.54, 1.807) is 12.1 Å². The SMILES string of the molecule is Cc1cc(CNS(=O)(=O)c2ccc3c(c2)CC(=O)N3)c(C)n1-c1ccccc1. The molecule has 0 atom stereocenters. The maximum Gasteiger partial charge on any atom is 0.240 e. The third-order valence-corrected chi connectivity index (χ3v) is 6.41. The average molecular weight is 395 g/mol. The second kappa shape index (κ2) is 6.92. The molecule has 0 aliphatic carbocycles. The quantitative estimate of drug-likeness (QED) is 0.697. The molecule has 1 aliphatic heterocycles. The Bertz CT molecular complexity index is 1170. The molecule has 6 nitrogen and oxygen atoms in total. The van der Waals surface area contributed by atoms with Crippen molar-refractivity contribution in [2.24, 2.45) is 0 Å². The van der Waals surface area contributed by atoms with Crippen molar-refractivity contribution in [3.63, 3.8) is 0 Å². The zero-order chi connectivity index (χ0) is 19.9. The van der Waals surface area contributed by atoms with Gasteiger partial charge in [0.05, 0.1) is 11.3 Å². The number of nitrogens with zero attached hydrogens (tertiary/aromatic N) is 1. The number of hydrogen-bond acceptors (Lipinski definition) is 3. The Balaban J connectivity index is 1.57. The third-order valence-electron chi connectivity index (χ3n) is 5.02. The van der Waals surface area contributed by atoms with Crippen LogP contribution in [0.1, 0.15) is 22.5 Å². The van der Waals surface area contributed by atoms with E-state index in [2.05, 4.69) is 14.6 Å². The second-order valence-corrected chi connectivity index (χ2v) is 8.70. The van der Waals surface area contributed by atoms with Crippen molar-refractivity contribution in [3.8, 4) is 5.69 Å². The maximum atomic E-state index is 12.7. The number of sulfonamides is 1. The minimum Gasteiger partial charge on any atom is -0.326 e. The number of amides is 1. The van der Waals surface area contributed by atoms with Crippen molar-refractivity contribution >= 4 is 21.6 Å². The average Bonchev–Trinajstić information content (AvgIpc) is 3.18. The van der Waals surface area contributed by atoms with Gasteiger partial charge in [0.1, 0.15) is 0 Å². The predicted molar refractivity (Wildman–Crippen MR) is 108 cm³/mol. The predicted octanol–water partition coefficient (Wildman–Crippen LogP) is 3.07. The molecule has 0 bridgehead atoms. The van der Waals surface area contributed by atoms with E-state index in [4.69, 9.17) is 0 Å². The molecule has 0 saturated heterocycles. The molecule has 0 radical (unpaired) electrons. The number of aryl methyl sites for hydroxylation is 1. The normalized spacial score (nSPS) is 13.4. The fourth-order valence-corrected chi connectivity index (χ4v) is 4.67. The molecule has 144 valence electrons. The zero-order valence-electron chi connectivity index (χ0n) is 15.7. The summed E-state index contributed by atoms with van der Waals surface area (Å²) in [7, 11) is -3.68. The van der Waals surface area contributed by atoms with Crippen molar-refractivity contribution in [1.82, 2.24) is 9.29 Å². The molecule has 3 aromatic rings. The fourth-order valence-electron chi connectivity index (χ4n) is 3.61. The lowest BCUT2D eigenvalue weighted by molar-refractivity contribution is -0.115. The number of anilines is 1. The highest BCUT2D eigenvalue weighted by molar-refractivity contribution is 7.89. The summed E-state index contributed by atoms with van der Waals surface area (Å²) in [6, 6.07) is 16.7. The third kappa shape index (κ3) is 3.34. The van der Waals surface area contributed by atoms with Crippen molar-refractivity contribution in [3.05, 3.63) is 77.1 Å². The number of aromatic nitrogens is 1. The molecule has 2 aromatic carbocycles. The lowest BCUT2D eigenvalue weighted by atomic mass is 10.2. The first-order valence-corrected chi connectivity index (χ1v) is 10.5. The summed E-state index contributed by atoms with van der Waals surface area (Å²) in [6.45, 7) is 4.18. The van der Waals surface area contributed by atoms with Gasteiger partial charge in [-0.3, -0.25) is 4.79 Å². The van der Waals surface area contributed by atoms with Gasteiger partial charge >= 0.3 is 0 Å². The smallest absolute Gasteiger partial charge is 0.240 e. The number of benzene rings is 2. The molecule has 7 heteroatoms. The van der Waals surface area contributed by atoms with Gasteiger partial charge in [-0.1, -0.05) is 18.2 Å². The van der Waals surface area contributed by atoms with Crippen molar-refractivity contribution in [2.45, 2.75) is 31.7 Å². The summed E-state index contributed by atoms with van der Waals surface area (Å²) in [5, 5.41) is 2.71. The fraction of sp³-hybridized carbons (Fsp3) is 0.190. The zero-order valence-corrected chi connectivity index (χ0v) is 16.5. The topological polar surface area (TPSA) is 80.2 Å². The highest BCUT2D eigenvalue weighted by Crippen LogP contribution is 2.26. The van der Waals surface area contributed by atoms with Gasteiger partial charge in [-0.25, -0.2) is 13.1 Å². The van der Waals surface area contributed by atoms with E-state index in [-0.39, 0.29) is 23.8 Å². The molecule has 0 spiro atoms. The summed E-state index contributed by atoms with van der Waals surface area (Å²) in [5.41, 5.74) is 5.38. The van der Waals surface area contributed by atoms with E-state index in [1.807, 2.05) is 50.2 Å². The molecule has 1 aliphatic rings. The van der Waals surface area contributed by atoms with E-state index >= 15 is 0 Å². The van der Waals surface area contributed by atoms with Gasteiger partial charge in [-0.05, 0) is 61.4 Å². The van der Waals surface area contributed by atoms with Crippen LogP contribution in [0.15, 0.2) is 59.5 Å². The Hall–Kier alpha value is -2.90. The first-order chi connectivity index (χ1) is 13.3. The van der Waals surface area contributed by atoms with Gasteiger partial charge in [-0.2, -0.15) is 0 Å². The van der Waals surface area contributed by atoms with E-state index < -0.39 is 10.0 Å². The molecule has 1 amide bonds. The number of carbonyl (C=O) groups excluding carboxylic acids is 1. The van der Waals surface area contributed by atoms with Crippen LogP contribution in [0.5, 0.6) is 0 Å². The second-order valence-electron chi connectivity index (χ2n) is 6.94. The van der Waals surface area contributed by atoms with Crippen LogP contribution < -0.4 is 10.0 Å². The number of para-hydroxylation sites is 1. The van der Waals surface area contributed by atoms with Gasteiger partial charge in [0, 0.05) is 29.3 Å². The standard InChI is InChI=1S/C21H21N3O3S/c1-14-10-17(15(2)24(14)18-6-4-3-5-7-18)13-22-28(26,27)19-8-9-20-16(11-19)12-21(25)23-20/h3-11,22H,12-13H2,1-2H3,(H,23,25). The molecular formula is C21H21N3O3S. The van der Waals surface area contributed by atoms with Crippen LogP contribution in [0.25, 0.3) is 5.69 Å². The lowest BCUT2D eigenvalue weighted by Crippen LogP contribution is -2.23. The number of carbonyl (C=O) groups is 1. The largest absolute Gasteiger partial charge is 0.326 e. The van der Waals surface area contributed by atoms with Gasteiger partial charge in [0.25, 0.3) is 0 Å². The van der Waals surface area contributed by atoms with Gasteiger partial charge in [-0.15, -0.1) is 0 Å². The van der Waals surface area contributed by atoms with E-state index in [9.17, 15) is 13.2 Å². The summed E-state index contributed by atoms with van der Waals surface area (Å²) >= 11 is 0. The summed E-state index contributed by atoms with van der Waals surface area (Å²) in [5.74, 6) is -0.120. The van der Waals surface area contributed by atoms with E-state index in [1.165, 1.54) is 6.07 Å². The minimum absolute atomic E-state index is 0.120. The van der Waals surface area contributed by atoms with Crippen LogP contribution in [0, 0.1) is 13.8 Å². The molecule has 0 saturated carbocycles. The van der Waals surface area contributed by atoms with E-state index in [0.717, 1.165) is 22.6 Å². The molecule has 0 unspecified atom stereocenters. The van der Waals surface area contributed by atoms with Crippen LogP contribution in [0.2, 0.25) is 0 Å². The van der Waals surface area contributed by atoms with Crippen LogP contribution in [0.3, 0.4) is 0 Å². The molecule has 0 fully saturated rings. The molecule has 1 aromatic heterocycles. The Morgan fingerprint density at radius 2 is 1.82 bits per heavy atom. The number of hydrogen-bond donors (Lipinski definition) is 2. The molecule has 28 heavy (non-hydrogen) atoms. The minimum atomic E-state index is -3.68. The first kappa shape index (κ1) is 18.5. The van der Waals surface area contributed by atoms with Crippen molar-refractivity contribution in [2.75, 3.05) is 5.32 Å². The summed E-state index contributed by atoms with van der Waals surface area (Å²) in [6.07, 6.45) is 0.205. The Morgan fingerprint density at radius 1 is 1.07 bits per heavy atom. The van der Waals surface area contributed by atoms with Crippen LogP contribution in [0.4, 0.5) is 5.69 Å². The van der Waals surface area contributed by atoms with Gasteiger partial charge in [0.15, 0.2) is 0 Å². The number of nitrogens with one attached hydrogen (secondary N) is 2. The number of fused-ring (bicyclic) bond motifs is 1. The van der Waals surface area contributed by atoms with Gasteiger partial charge in [0.2, 0.25) is 15.9 Å². The molecule has 2 N–H and O–H groups in total. The highest BCUT2D eigenvalue weighted by Gasteiger charge is 2.22.